The maximum atomic E-state index is 12.9. The number of halogens is 2. The molecule has 0 aliphatic rings. The summed E-state index contributed by atoms with van der Waals surface area (Å²) in [6, 6.07) is 5.05. The molecule has 1 atom stereocenters. The molecule has 0 bridgehead atoms. The van der Waals surface area contributed by atoms with Crippen LogP contribution in [0.15, 0.2) is 24.3 Å². The van der Waals surface area contributed by atoms with Gasteiger partial charge in [0.05, 0.1) is 5.69 Å². The summed E-state index contributed by atoms with van der Waals surface area (Å²) in [5.41, 5.74) is 0.859. The molecule has 2 rings (SSSR count). The molecule has 0 unspecified atom stereocenters. The van der Waals surface area contributed by atoms with E-state index in [1.165, 1.54) is 31.2 Å². The van der Waals surface area contributed by atoms with Gasteiger partial charge in [0.2, 0.25) is 5.78 Å². The van der Waals surface area contributed by atoms with Crippen molar-refractivity contribution in [3.63, 3.8) is 0 Å². The lowest BCUT2D eigenvalue weighted by Crippen LogP contribution is -2.24. The lowest BCUT2D eigenvalue weighted by molar-refractivity contribution is 0.0318. The molecule has 1 heterocycles. The van der Waals surface area contributed by atoms with Crippen molar-refractivity contribution in [3.05, 3.63) is 52.1 Å². The van der Waals surface area contributed by atoms with E-state index in [0.717, 1.165) is 0 Å². The van der Waals surface area contributed by atoms with E-state index >= 15 is 0 Å². The van der Waals surface area contributed by atoms with Crippen molar-refractivity contribution in [3.8, 4) is 0 Å². The van der Waals surface area contributed by atoms with E-state index in [-0.39, 0.29) is 16.3 Å². The van der Waals surface area contributed by atoms with Crippen molar-refractivity contribution in [1.82, 2.24) is 9.78 Å². The standard InChI is InChI=1S/C18H20ClFN2O3/c1-10(2)9-22-17(19)15(11(3)21-22)18(24)25-12(4)16(23)13-5-7-14(20)8-6-13/h5-8,10,12H,9H2,1-4H3/t12-/m1/s1. The highest BCUT2D eigenvalue weighted by molar-refractivity contribution is 6.32. The molecular weight excluding hydrogens is 347 g/mol. The van der Waals surface area contributed by atoms with Gasteiger partial charge in [-0.05, 0) is 44.0 Å². The summed E-state index contributed by atoms with van der Waals surface area (Å²) in [5, 5.41) is 4.44. The van der Waals surface area contributed by atoms with Crippen LogP contribution in [0.1, 0.15) is 47.2 Å². The number of rotatable bonds is 6. The van der Waals surface area contributed by atoms with Crippen molar-refractivity contribution < 1.29 is 18.7 Å². The lowest BCUT2D eigenvalue weighted by Gasteiger charge is -2.12. The Hall–Kier alpha value is -2.21. The fraction of sp³-hybridized carbons (Fsp3) is 0.389. The van der Waals surface area contributed by atoms with E-state index in [9.17, 15) is 14.0 Å². The van der Waals surface area contributed by atoms with Crippen LogP contribution in [0, 0.1) is 18.7 Å². The molecule has 0 saturated heterocycles. The lowest BCUT2D eigenvalue weighted by atomic mass is 10.1. The second-order valence-electron chi connectivity index (χ2n) is 6.25. The van der Waals surface area contributed by atoms with Crippen LogP contribution in [0.2, 0.25) is 5.15 Å². The van der Waals surface area contributed by atoms with Crippen LogP contribution in [0.25, 0.3) is 0 Å². The molecular formula is C18H20ClFN2O3. The minimum Gasteiger partial charge on any atom is -0.451 e. The fourth-order valence-electron chi connectivity index (χ4n) is 2.37. The van der Waals surface area contributed by atoms with Gasteiger partial charge in [-0.2, -0.15) is 5.10 Å². The number of ketones is 1. The van der Waals surface area contributed by atoms with Crippen LogP contribution in [0.5, 0.6) is 0 Å². The second-order valence-corrected chi connectivity index (χ2v) is 6.60. The zero-order valence-electron chi connectivity index (χ0n) is 14.5. The Morgan fingerprint density at radius 1 is 1.24 bits per heavy atom. The van der Waals surface area contributed by atoms with Gasteiger partial charge in [-0.3, -0.25) is 9.48 Å². The summed E-state index contributed by atoms with van der Waals surface area (Å²) >= 11 is 6.24. The van der Waals surface area contributed by atoms with Gasteiger partial charge < -0.3 is 4.74 Å². The van der Waals surface area contributed by atoms with E-state index in [2.05, 4.69) is 5.10 Å². The molecule has 0 fully saturated rings. The highest BCUT2D eigenvalue weighted by Crippen LogP contribution is 2.22. The first-order valence-electron chi connectivity index (χ1n) is 7.94. The highest BCUT2D eigenvalue weighted by Gasteiger charge is 2.26. The number of ether oxygens (including phenoxy) is 1. The summed E-state index contributed by atoms with van der Waals surface area (Å²) < 4.78 is 19.7. The molecule has 1 aromatic carbocycles. The van der Waals surface area contributed by atoms with Gasteiger partial charge in [-0.15, -0.1) is 0 Å². The third kappa shape index (κ3) is 4.45. The molecule has 0 radical (unpaired) electrons. The molecule has 0 spiro atoms. The molecule has 134 valence electrons. The molecule has 0 aliphatic carbocycles. The number of aryl methyl sites for hydroxylation is 1. The Morgan fingerprint density at radius 2 is 1.84 bits per heavy atom. The number of Topliss-reactive ketones (excluding diaryl/α,β-unsaturated/α-hetero) is 1. The maximum Gasteiger partial charge on any atom is 0.343 e. The zero-order chi connectivity index (χ0) is 18.7. The van der Waals surface area contributed by atoms with Gasteiger partial charge in [0, 0.05) is 12.1 Å². The minimum absolute atomic E-state index is 0.154. The Balaban J connectivity index is 2.15. The molecule has 0 N–H and O–H groups in total. The van der Waals surface area contributed by atoms with Crippen LogP contribution < -0.4 is 0 Å². The predicted molar refractivity (Wildman–Crippen MR) is 92.4 cm³/mol. The van der Waals surface area contributed by atoms with Gasteiger partial charge in [0.15, 0.2) is 6.10 Å². The summed E-state index contributed by atoms with van der Waals surface area (Å²) in [6.45, 7) is 7.71. The van der Waals surface area contributed by atoms with Crippen LogP contribution in [0.3, 0.4) is 0 Å². The molecule has 5 nitrogen and oxygen atoms in total. The van der Waals surface area contributed by atoms with E-state index in [4.69, 9.17) is 16.3 Å². The number of aromatic nitrogens is 2. The number of carbonyl (C=O) groups excluding carboxylic acids is 2. The van der Waals surface area contributed by atoms with Crippen molar-refractivity contribution in [2.24, 2.45) is 5.92 Å². The highest BCUT2D eigenvalue weighted by atomic mass is 35.5. The Bertz CT molecular complexity index is 784. The number of hydrogen-bond acceptors (Lipinski definition) is 4. The normalized spacial score (nSPS) is 12.3. The summed E-state index contributed by atoms with van der Waals surface area (Å²) in [4.78, 5) is 24.7. The van der Waals surface area contributed by atoms with Gasteiger partial charge in [0.1, 0.15) is 16.5 Å². The first kappa shape index (κ1) is 19.1. The Labute approximate surface area is 150 Å². The minimum atomic E-state index is -1.03. The first-order chi connectivity index (χ1) is 11.7. The van der Waals surface area contributed by atoms with Crippen molar-refractivity contribution in [1.29, 1.82) is 0 Å². The SMILES string of the molecule is Cc1nn(CC(C)C)c(Cl)c1C(=O)O[C@H](C)C(=O)c1ccc(F)cc1. The Kier molecular flexibility index (Phi) is 5.95. The quantitative estimate of drug-likeness (QED) is 0.571. The third-order valence-electron chi connectivity index (χ3n) is 3.59. The van der Waals surface area contributed by atoms with Crippen LogP contribution in [-0.4, -0.2) is 27.6 Å². The average molecular weight is 367 g/mol. The predicted octanol–water partition coefficient (Wildman–Crippen LogP) is 4.07. The summed E-state index contributed by atoms with van der Waals surface area (Å²) in [6.07, 6.45) is -1.03. The van der Waals surface area contributed by atoms with Crippen molar-refractivity contribution in [2.75, 3.05) is 0 Å². The molecule has 0 aliphatic heterocycles. The van der Waals surface area contributed by atoms with Crippen LogP contribution in [-0.2, 0) is 11.3 Å². The topological polar surface area (TPSA) is 61.2 Å². The van der Waals surface area contributed by atoms with E-state index < -0.39 is 23.7 Å². The molecule has 0 amide bonds. The van der Waals surface area contributed by atoms with Crippen LogP contribution >= 0.6 is 11.6 Å². The summed E-state index contributed by atoms with van der Waals surface area (Å²) in [5.74, 6) is -1.27. The molecule has 2 aromatic rings. The fourth-order valence-corrected chi connectivity index (χ4v) is 2.69. The van der Waals surface area contributed by atoms with Gasteiger partial charge in [-0.1, -0.05) is 25.4 Å². The van der Waals surface area contributed by atoms with Crippen molar-refractivity contribution >= 4 is 23.4 Å². The first-order valence-corrected chi connectivity index (χ1v) is 8.32. The van der Waals surface area contributed by atoms with E-state index in [1.54, 1.807) is 11.6 Å². The number of carbonyl (C=O) groups is 2. The third-order valence-corrected chi connectivity index (χ3v) is 3.97. The van der Waals surface area contributed by atoms with E-state index in [1.807, 2.05) is 13.8 Å². The monoisotopic (exact) mass is 366 g/mol. The zero-order valence-corrected chi connectivity index (χ0v) is 15.3. The smallest absolute Gasteiger partial charge is 0.343 e. The van der Waals surface area contributed by atoms with Crippen molar-refractivity contribution in [2.45, 2.75) is 40.3 Å². The second kappa shape index (κ2) is 7.78. The van der Waals surface area contributed by atoms with Gasteiger partial charge in [-0.25, -0.2) is 9.18 Å². The number of nitrogens with zero attached hydrogens (tertiary/aromatic N) is 2. The Morgan fingerprint density at radius 3 is 2.40 bits per heavy atom. The van der Waals surface area contributed by atoms with Gasteiger partial charge in [0.25, 0.3) is 0 Å². The maximum absolute atomic E-state index is 12.9. The van der Waals surface area contributed by atoms with Crippen LogP contribution in [0.4, 0.5) is 4.39 Å². The molecule has 1 aromatic heterocycles. The largest absolute Gasteiger partial charge is 0.451 e. The van der Waals surface area contributed by atoms with Gasteiger partial charge >= 0.3 is 5.97 Å². The number of benzene rings is 1. The molecule has 7 heteroatoms. The molecule has 25 heavy (non-hydrogen) atoms. The number of esters is 1. The molecule has 0 saturated carbocycles. The number of hydrogen-bond donors (Lipinski definition) is 0. The average Bonchev–Trinajstić information content (AvgIpc) is 2.80. The van der Waals surface area contributed by atoms with E-state index in [0.29, 0.717) is 18.2 Å². The summed E-state index contributed by atoms with van der Waals surface area (Å²) in [7, 11) is 0.